The molecule has 4 heteroatoms. The SMILES string of the molecule is CCOC(=O)c1ccc(NC(C)c2ccc(CC)s2)cc1. The second-order valence-electron chi connectivity index (χ2n) is 4.82. The van der Waals surface area contributed by atoms with Crippen molar-refractivity contribution in [3.63, 3.8) is 0 Å². The van der Waals surface area contributed by atoms with Gasteiger partial charge in [0.25, 0.3) is 0 Å². The Labute approximate surface area is 130 Å². The number of esters is 1. The van der Waals surface area contributed by atoms with Gasteiger partial charge in [-0.15, -0.1) is 11.3 Å². The van der Waals surface area contributed by atoms with Crippen molar-refractivity contribution in [3.8, 4) is 0 Å². The average Bonchev–Trinajstić information content (AvgIpc) is 2.97. The molecule has 0 aliphatic rings. The quantitative estimate of drug-likeness (QED) is 0.789. The van der Waals surface area contributed by atoms with Crippen LogP contribution >= 0.6 is 11.3 Å². The number of aryl methyl sites for hydroxylation is 1. The molecule has 0 saturated carbocycles. The number of ether oxygens (including phenoxy) is 1. The summed E-state index contributed by atoms with van der Waals surface area (Å²) in [4.78, 5) is 14.3. The molecule has 1 heterocycles. The van der Waals surface area contributed by atoms with E-state index in [1.165, 1.54) is 9.75 Å². The van der Waals surface area contributed by atoms with E-state index in [1.807, 2.05) is 23.5 Å². The Morgan fingerprint density at radius 3 is 2.48 bits per heavy atom. The zero-order chi connectivity index (χ0) is 15.2. The number of nitrogens with one attached hydrogen (secondary N) is 1. The highest BCUT2D eigenvalue weighted by molar-refractivity contribution is 7.12. The van der Waals surface area contributed by atoms with Crippen molar-refractivity contribution in [3.05, 3.63) is 51.7 Å². The van der Waals surface area contributed by atoms with Gasteiger partial charge in [0, 0.05) is 15.4 Å². The van der Waals surface area contributed by atoms with Crippen molar-refractivity contribution in [2.24, 2.45) is 0 Å². The Morgan fingerprint density at radius 1 is 1.19 bits per heavy atom. The maximum atomic E-state index is 11.6. The lowest BCUT2D eigenvalue weighted by atomic mass is 10.2. The molecule has 1 N–H and O–H groups in total. The molecule has 0 fully saturated rings. The van der Waals surface area contributed by atoms with Crippen LogP contribution in [0.3, 0.4) is 0 Å². The van der Waals surface area contributed by atoms with Crippen LogP contribution in [0.5, 0.6) is 0 Å². The number of carbonyl (C=O) groups is 1. The maximum absolute atomic E-state index is 11.6. The first kappa shape index (κ1) is 15.6. The van der Waals surface area contributed by atoms with E-state index in [1.54, 1.807) is 19.1 Å². The van der Waals surface area contributed by atoms with Gasteiger partial charge in [0.15, 0.2) is 0 Å². The van der Waals surface area contributed by atoms with Crippen LogP contribution in [0.4, 0.5) is 5.69 Å². The van der Waals surface area contributed by atoms with Gasteiger partial charge in [-0.05, 0) is 56.7 Å². The zero-order valence-corrected chi connectivity index (χ0v) is 13.5. The van der Waals surface area contributed by atoms with Crippen molar-refractivity contribution in [2.45, 2.75) is 33.2 Å². The minimum absolute atomic E-state index is 0.253. The zero-order valence-electron chi connectivity index (χ0n) is 12.7. The van der Waals surface area contributed by atoms with Gasteiger partial charge >= 0.3 is 5.97 Å². The molecule has 1 aromatic heterocycles. The Morgan fingerprint density at radius 2 is 1.90 bits per heavy atom. The first-order chi connectivity index (χ1) is 10.1. The largest absolute Gasteiger partial charge is 0.462 e. The van der Waals surface area contributed by atoms with Crippen LogP contribution in [-0.2, 0) is 11.2 Å². The number of carbonyl (C=O) groups excluding carboxylic acids is 1. The van der Waals surface area contributed by atoms with Crippen LogP contribution in [0.15, 0.2) is 36.4 Å². The number of anilines is 1. The van der Waals surface area contributed by atoms with E-state index in [0.29, 0.717) is 12.2 Å². The van der Waals surface area contributed by atoms with E-state index in [-0.39, 0.29) is 12.0 Å². The predicted molar refractivity (Wildman–Crippen MR) is 88.1 cm³/mol. The first-order valence-electron chi connectivity index (χ1n) is 7.26. The molecule has 0 bridgehead atoms. The molecule has 0 aliphatic heterocycles. The lowest BCUT2D eigenvalue weighted by Crippen LogP contribution is -2.06. The van der Waals surface area contributed by atoms with E-state index in [0.717, 1.165) is 12.1 Å². The van der Waals surface area contributed by atoms with E-state index in [9.17, 15) is 4.79 Å². The van der Waals surface area contributed by atoms with Crippen LogP contribution in [0, 0.1) is 0 Å². The summed E-state index contributed by atoms with van der Waals surface area (Å²) >= 11 is 1.84. The third-order valence-corrected chi connectivity index (χ3v) is 4.65. The fourth-order valence-corrected chi connectivity index (χ4v) is 3.01. The monoisotopic (exact) mass is 303 g/mol. The van der Waals surface area contributed by atoms with Crippen molar-refractivity contribution in [2.75, 3.05) is 11.9 Å². The van der Waals surface area contributed by atoms with Crippen LogP contribution in [0.1, 0.15) is 46.9 Å². The molecule has 2 aromatic rings. The molecule has 112 valence electrons. The van der Waals surface area contributed by atoms with E-state index < -0.39 is 0 Å². The smallest absolute Gasteiger partial charge is 0.338 e. The molecule has 0 amide bonds. The Hall–Kier alpha value is -1.81. The van der Waals surface area contributed by atoms with Crippen molar-refractivity contribution < 1.29 is 9.53 Å². The normalized spacial score (nSPS) is 12.0. The third-order valence-electron chi connectivity index (χ3n) is 3.24. The second kappa shape index (κ2) is 7.27. The van der Waals surface area contributed by atoms with Gasteiger partial charge in [0.1, 0.15) is 0 Å². The summed E-state index contributed by atoms with van der Waals surface area (Å²) in [5.41, 5.74) is 1.58. The minimum atomic E-state index is -0.275. The Balaban J connectivity index is 2.01. The van der Waals surface area contributed by atoms with Gasteiger partial charge in [0.2, 0.25) is 0 Å². The summed E-state index contributed by atoms with van der Waals surface area (Å²) in [6.45, 7) is 6.52. The molecule has 0 aliphatic carbocycles. The van der Waals surface area contributed by atoms with Crippen molar-refractivity contribution in [1.29, 1.82) is 0 Å². The molecule has 1 unspecified atom stereocenters. The van der Waals surface area contributed by atoms with Gasteiger partial charge in [-0.2, -0.15) is 0 Å². The third kappa shape index (κ3) is 4.08. The van der Waals surface area contributed by atoms with Gasteiger partial charge in [-0.1, -0.05) is 6.92 Å². The van der Waals surface area contributed by atoms with Crippen LogP contribution in [0.2, 0.25) is 0 Å². The fourth-order valence-electron chi connectivity index (χ4n) is 2.06. The highest BCUT2D eigenvalue weighted by Gasteiger charge is 2.09. The molecule has 0 spiro atoms. The van der Waals surface area contributed by atoms with Gasteiger partial charge in [-0.25, -0.2) is 4.79 Å². The molecular formula is C17H21NO2S. The molecule has 1 aromatic carbocycles. The topological polar surface area (TPSA) is 38.3 Å². The van der Waals surface area contributed by atoms with Crippen molar-refractivity contribution >= 4 is 23.0 Å². The Bertz CT molecular complexity index is 589. The second-order valence-corrected chi connectivity index (χ2v) is 6.02. The van der Waals surface area contributed by atoms with Crippen LogP contribution in [0.25, 0.3) is 0 Å². The molecular weight excluding hydrogens is 282 g/mol. The van der Waals surface area contributed by atoms with E-state index in [2.05, 4.69) is 31.3 Å². The van der Waals surface area contributed by atoms with E-state index in [4.69, 9.17) is 4.74 Å². The molecule has 1 atom stereocenters. The lowest BCUT2D eigenvalue weighted by molar-refractivity contribution is 0.0526. The van der Waals surface area contributed by atoms with Gasteiger partial charge in [0.05, 0.1) is 18.2 Å². The van der Waals surface area contributed by atoms with Gasteiger partial charge < -0.3 is 10.1 Å². The number of benzene rings is 1. The van der Waals surface area contributed by atoms with Crippen LogP contribution in [-0.4, -0.2) is 12.6 Å². The molecule has 2 rings (SSSR count). The summed E-state index contributed by atoms with van der Waals surface area (Å²) < 4.78 is 4.98. The molecule has 0 radical (unpaired) electrons. The average molecular weight is 303 g/mol. The van der Waals surface area contributed by atoms with Crippen molar-refractivity contribution in [1.82, 2.24) is 0 Å². The highest BCUT2D eigenvalue weighted by atomic mass is 32.1. The summed E-state index contributed by atoms with van der Waals surface area (Å²) in [5.74, 6) is -0.275. The van der Waals surface area contributed by atoms with E-state index >= 15 is 0 Å². The summed E-state index contributed by atoms with van der Waals surface area (Å²) in [6, 6.07) is 12.0. The molecule has 21 heavy (non-hydrogen) atoms. The Kier molecular flexibility index (Phi) is 5.39. The maximum Gasteiger partial charge on any atom is 0.338 e. The minimum Gasteiger partial charge on any atom is -0.462 e. The number of hydrogen-bond donors (Lipinski definition) is 1. The van der Waals surface area contributed by atoms with Gasteiger partial charge in [-0.3, -0.25) is 0 Å². The highest BCUT2D eigenvalue weighted by Crippen LogP contribution is 2.26. The fraction of sp³-hybridized carbons (Fsp3) is 0.353. The summed E-state index contributed by atoms with van der Waals surface area (Å²) in [7, 11) is 0. The number of hydrogen-bond acceptors (Lipinski definition) is 4. The summed E-state index contributed by atoms with van der Waals surface area (Å²) in [5, 5.41) is 3.45. The predicted octanol–water partition coefficient (Wildman–Crippen LogP) is 4.66. The number of thiophene rings is 1. The molecule has 0 saturated heterocycles. The summed E-state index contributed by atoms with van der Waals surface area (Å²) in [6.07, 6.45) is 1.08. The molecule has 3 nitrogen and oxygen atoms in total. The standard InChI is InChI=1S/C17H21NO2S/c1-4-15-10-11-16(21-15)12(3)18-14-8-6-13(7-9-14)17(19)20-5-2/h6-12,18H,4-5H2,1-3H3. The van der Waals surface area contributed by atoms with Crippen LogP contribution < -0.4 is 5.32 Å². The number of rotatable bonds is 6. The lowest BCUT2D eigenvalue weighted by Gasteiger charge is -2.14. The first-order valence-corrected chi connectivity index (χ1v) is 8.08.